The molecule has 0 fully saturated rings. The van der Waals surface area contributed by atoms with Crippen molar-refractivity contribution in [1.29, 1.82) is 0 Å². The zero-order valence-corrected chi connectivity index (χ0v) is 16.2. The van der Waals surface area contributed by atoms with Crippen molar-refractivity contribution >= 4 is 9.05 Å². The SMILES string of the molecule is O[Si](O)(O)O.[CH2-]CCCCCCCCCCC.[K+]. The molecule has 0 amide bonds. The van der Waals surface area contributed by atoms with Crippen LogP contribution < -0.4 is 51.4 Å². The van der Waals surface area contributed by atoms with Gasteiger partial charge in [0.2, 0.25) is 0 Å². The van der Waals surface area contributed by atoms with Crippen molar-refractivity contribution < 1.29 is 70.6 Å². The predicted octanol–water partition coefficient (Wildman–Crippen LogP) is -0.863. The molecular formula is C12H29KO4Si. The quantitative estimate of drug-likeness (QED) is 0.254. The van der Waals surface area contributed by atoms with Gasteiger partial charge >= 0.3 is 60.4 Å². The summed E-state index contributed by atoms with van der Waals surface area (Å²) in [6.45, 7) is 6.12. The molecule has 6 heteroatoms. The molecular weight excluding hydrogens is 275 g/mol. The summed E-state index contributed by atoms with van der Waals surface area (Å²) in [5, 5.41) is 0. The van der Waals surface area contributed by atoms with Gasteiger partial charge in [0.1, 0.15) is 0 Å². The van der Waals surface area contributed by atoms with E-state index < -0.39 is 9.05 Å². The maximum absolute atomic E-state index is 7.33. The Balaban J connectivity index is -0.000000321. The molecule has 0 unspecified atom stereocenters. The summed E-state index contributed by atoms with van der Waals surface area (Å²) in [4.78, 5) is 29.3. The van der Waals surface area contributed by atoms with Gasteiger partial charge in [0.25, 0.3) is 0 Å². The number of hydrogen-bond donors (Lipinski definition) is 4. The fourth-order valence-electron chi connectivity index (χ4n) is 1.49. The largest absolute Gasteiger partial charge is 1.00 e. The van der Waals surface area contributed by atoms with E-state index in [2.05, 4.69) is 13.8 Å². The number of hydrogen-bond acceptors (Lipinski definition) is 4. The van der Waals surface area contributed by atoms with Crippen LogP contribution in [-0.2, 0) is 0 Å². The molecule has 0 rings (SSSR count). The topological polar surface area (TPSA) is 80.9 Å². The summed E-state index contributed by atoms with van der Waals surface area (Å²) in [6, 6.07) is 0. The summed E-state index contributed by atoms with van der Waals surface area (Å²) in [5.41, 5.74) is 0. The second-order valence-electron chi connectivity index (χ2n) is 4.28. The van der Waals surface area contributed by atoms with Gasteiger partial charge in [-0.1, -0.05) is 64.7 Å². The Morgan fingerprint density at radius 3 is 1.28 bits per heavy atom. The van der Waals surface area contributed by atoms with Gasteiger partial charge in [0.15, 0.2) is 0 Å². The molecule has 0 aliphatic rings. The summed E-state index contributed by atoms with van der Waals surface area (Å²) < 4.78 is 0. The van der Waals surface area contributed by atoms with Crippen molar-refractivity contribution in [3.05, 3.63) is 6.92 Å². The molecule has 0 aliphatic carbocycles. The summed E-state index contributed by atoms with van der Waals surface area (Å²) in [7, 11) is -4.61. The van der Waals surface area contributed by atoms with Crippen LogP contribution in [0.4, 0.5) is 0 Å². The molecule has 4 N–H and O–H groups in total. The third-order valence-electron chi connectivity index (χ3n) is 2.35. The Morgan fingerprint density at radius 1 is 0.722 bits per heavy atom. The second-order valence-corrected chi connectivity index (χ2v) is 5.48. The Morgan fingerprint density at radius 2 is 1.00 bits per heavy atom. The smallest absolute Gasteiger partial charge is 0.368 e. The molecule has 0 spiro atoms. The van der Waals surface area contributed by atoms with Crippen LogP contribution in [0.5, 0.6) is 0 Å². The Bertz CT molecular complexity index is 127. The van der Waals surface area contributed by atoms with Crippen molar-refractivity contribution in [1.82, 2.24) is 0 Å². The van der Waals surface area contributed by atoms with E-state index in [0.717, 1.165) is 6.42 Å². The van der Waals surface area contributed by atoms with Crippen molar-refractivity contribution in [2.45, 2.75) is 71.1 Å². The maximum atomic E-state index is 7.33. The van der Waals surface area contributed by atoms with E-state index in [-0.39, 0.29) is 51.4 Å². The van der Waals surface area contributed by atoms with Gasteiger partial charge in [-0.3, -0.25) is 0 Å². The van der Waals surface area contributed by atoms with Crippen LogP contribution in [0.1, 0.15) is 71.1 Å². The van der Waals surface area contributed by atoms with Gasteiger partial charge in [-0.2, -0.15) is 6.42 Å². The van der Waals surface area contributed by atoms with Gasteiger partial charge < -0.3 is 26.1 Å². The standard InChI is InChI=1S/C12H25.K.H4O4Si/c1-3-5-7-9-11-12-10-8-6-4-2;;1-5(2,3)4/h1,3-12H2,2H3;;1-4H/q-1;+1;. The minimum absolute atomic E-state index is 0. The van der Waals surface area contributed by atoms with Crippen molar-refractivity contribution in [2.24, 2.45) is 0 Å². The fraction of sp³-hybridized carbons (Fsp3) is 0.917. The Kier molecular flexibility index (Phi) is 25.6. The van der Waals surface area contributed by atoms with Crippen LogP contribution in [0.25, 0.3) is 0 Å². The van der Waals surface area contributed by atoms with Crippen molar-refractivity contribution in [3.8, 4) is 0 Å². The first kappa shape index (κ1) is 24.7. The van der Waals surface area contributed by atoms with Gasteiger partial charge in [-0.15, -0.1) is 0 Å². The van der Waals surface area contributed by atoms with Gasteiger partial charge in [0, 0.05) is 0 Å². The molecule has 4 nitrogen and oxygen atoms in total. The van der Waals surface area contributed by atoms with Crippen LogP contribution >= 0.6 is 0 Å². The molecule has 18 heavy (non-hydrogen) atoms. The van der Waals surface area contributed by atoms with Gasteiger partial charge in [-0.05, 0) is 0 Å². The molecule has 0 aliphatic heterocycles. The van der Waals surface area contributed by atoms with E-state index in [4.69, 9.17) is 19.2 Å². The second kappa shape index (κ2) is 18.7. The van der Waals surface area contributed by atoms with Crippen LogP contribution in [-0.4, -0.2) is 28.2 Å². The molecule has 0 aromatic rings. The number of rotatable bonds is 9. The first-order valence-electron chi connectivity index (χ1n) is 6.60. The van der Waals surface area contributed by atoms with E-state index in [1.165, 1.54) is 57.8 Å². The third kappa shape index (κ3) is 43.1. The van der Waals surface area contributed by atoms with Gasteiger partial charge in [0.05, 0.1) is 0 Å². The predicted molar refractivity (Wildman–Crippen MR) is 71.8 cm³/mol. The number of unbranched alkanes of at least 4 members (excludes halogenated alkanes) is 9. The Labute approximate surface area is 156 Å². The van der Waals surface area contributed by atoms with E-state index in [9.17, 15) is 0 Å². The minimum Gasteiger partial charge on any atom is -0.368 e. The Hall–Kier alpha value is 1.69. The van der Waals surface area contributed by atoms with Crippen molar-refractivity contribution in [2.75, 3.05) is 0 Å². The molecule has 0 saturated carbocycles. The summed E-state index contributed by atoms with van der Waals surface area (Å²) >= 11 is 0. The molecule has 0 aromatic heterocycles. The normalized spacial score (nSPS) is 10.3. The summed E-state index contributed by atoms with van der Waals surface area (Å²) in [5.74, 6) is 0. The molecule has 0 bridgehead atoms. The maximum Gasteiger partial charge on any atom is 1.00 e. The third-order valence-corrected chi connectivity index (χ3v) is 2.35. The van der Waals surface area contributed by atoms with Gasteiger partial charge in [-0.25, -0.2) is 0 Å². The monoisotopic (exact) mass is 304 g/mol. The molecule has 0 aromatic carbocycles. The minimum atomic E-state index is -4.61. The zero-order chi connectivity index (χ0) is 13.6. The summed E-state index contributed by atoms with van der Waals surface area (Å²) in [6.07, 6.45) is 13.9. The molecule has 0 heterocycles. The first-order valence-corrected chi connectivity index (χ1v) is 8.39. The average molecular weight is 305 g/mol. The van der Waals surface area contributed by atoms with E-state index in [0.29, 0.717) is 0 Å². The molecule has 106 valence electrons. The van der Waals surface area contributed by atoms with Crippen molar-refractivity contribution in [3.63, 3.8) is 0 Å². The first-order chi connectivity index (χ1) is 7.91. The molecule has 0 saturated heterocycles. The molecule has 0 atom stereocenters. The van der Waals surface area contributed by atoms with Crippen LogP contribution in [0, 0.1) is 6.92 Å². The average Bonchev–Trinajstić information content (AvgIpc) is 2.20. The zero-order valence-electron chi connectivity index (χ0n) is 12.1. The van der Waals surface area contributed by atoms with Crippen LogP contribution in [0.2, 0.25) is 0 Å². The fourth-order valence-corrected chi connectivity index (χ4v) is 1.49. The van der Waals surface area contributed by atoms with E-state index in [1.807, 2.05) is 0 Å². The van der Waals surface area contributed by atoms with E-state index >= 15 is 0 Å². The van der Waals surface area contributed by atoms with Crippen LogP contribution in [0.15, 0.2) is 0 Å². The van der Waals surface area contributed by atoms with E-state index in [1.54, 1.807) is 0 Å². The van der Waals surface area contributed by atoms with Crippen LogP contribution in [0.3, 0.4) is 0 Å². The molecule has 0 radical (unpaired) electrons.